The van der Waals surface area contributed by atoms with Gasteiger partial charge < -0.3 is 0 Å². The quantitative estimate of drug-likeness (QED) is 0.232. The van der Waals surface area contributed by atoms with Crippen molar-refractivity contribution in [2.75, 3.05) is 0 Å². The van der Waals surface area contributed by atoms with Crippen molar-refractivity contribution in [3.05, 3.63) is 74.1 Å². The minimum Gasteiger partial charge on any atom is -0.147 e. The summed E-state index contributed by atoms with van der Waals surface area (Å²) in [6.45, 7) is 19.1. The zero-order chi connectivity index (χ0) is 26.1. The van der Waals surface area contributed by atoms with E-state index in [1.165, 1.54) is 61.6 Å². The summed E-state index contributed by atoms with van der Waals surface area (Å²) < 4.78 is 5.62. The summed E-state index contributed by atoms with van der Waals surface area (Å²) in [6, 6.07) is 12.3. The Morgan fingerprint density at radius 2 is 1.45 bits per heavy atom. The first-order valence-corrected chi connectivity index (χ1v) is 18.1. The molecule has 2 aromatic carbocycles. The van der Waals surface area contributed by atoms with Crippen LogP contribution in [0.3, 0.4) is 0 Å². The van der Waals surface area contributed by atoms with E-state index in [2.05, 4.69) is 104 Å². The van der Waals surface area contributed by atoms with Crippen LogP contribution in [0.25, 0.3) is 11.1 Å². The molecule has 0 fully saturated rings. The molecule has 38 heavy (non-hydrogen) atoms. The molecule has 208 valence electrons. The van der Waals surface area contributed by atoms with Crippen LogP contribution in [-0.4, -0.2) is 3.21 Å². The number of rotatable bonds is 8. The third-order valence-electron chi connectivity index (χ3n) is 8.11. The molecule has 0 spiro atoms. The molecule has 0 radical (unpaired) electrons. The molecule has 0 atom stereocenters. The first-order valence-electron chi connectivity index (χ1n) is 14.4. The normalized spacial score (nSPS) is 13.8. The molecule has 0 nitrogen and oxygen atoms in total. The largest absolute Gasteiger partial charge is 0.147 e. The fourth-order valence-electron chi connectivity index (χ4n) is 6.01. The maximum absolute atomic E-state index is 2.53. The number of unbranched alkanes of at least 4 members (excludes halogenated alkanes) is 2. The molecule has 0 bridgehead atoms. The minimum absolute atomic E-state index is 0. The molecule has 2 aliphatic carbocycles. The second kappa shape index (κ2) is 13.7. The fourth-order valence-corrected chi connectivity index (χ4v) is 15.4. The molecule has 0 aromatic heterocycles. The summed E-state index contributed by atoms with van der Waals surface area (Å²) in [7, 11) is 0. The molecule has 0 aliphatic heterocycles. The number of hydrogen-bond acceptors (Lipinski definition) is 0. The van der Waals surface area contributed by atoms with E-state index in [-0.39, 0.29) is 35.6 Å². The van der Waals surface area contributed by atoms with Crippen molar-refractivity contribution in [3.63, 3.8) is 0 Å². The Hall–Kier alpha value is -0.747. The monoisotopic (exact) mass is 630 g/mol. The zero-order valence-electron chi connectivity index (χ0n) is 25.1. The molecule has 0 N–H and O–H groups in total. The van der Waals surface area contributed by atoms with E-state index in [0.717, 1.165) is 6.42 Å². The van der Waals surface area contributed by atoms with Crippen LogP contribution in [0, 0.1) is 0 Å². The molecule has 0 saturated carbocycles. The van der Waals surface area contributed by atoms with Crippen LogP contribution in [0.1, 0.15) is 123 Å². The van der Waals surface area contributed by atoms with Gasteiger partial charge in [0, 0.05) is 0 Å². The third kappa shape index (κ3) is 7.11. The van der Waals surface area contributed by atoms with Gasteiger partial charge in [-0.05, 0) is 0 Å². The van der Waals surface area contributed by atoms with E-state index in [1.807, 2.05) is 9.76 Å². The van der Waals surface area contributed by atoms with Crippen molar-refractivity contribution < 1.29 is 21.3 Å². The first kappa shape index (κ1) is 33.5. The first-order chi connectivity index (χ1) is 17.1. The Morgan fingerprint density at radius 1 is 0.816 bits per heavy atom. The van der Waals surface area contributed by atoms with Gasteiger partial charge in [0.25, 0.3) is 0 Å². The van der Waals surface area contributed by atoms with Crippen LogP contribution in [-0.2, 0) is 38.5 Å². The summed E-state index contributed by atoms with van der Waals surface area (Å²) in [5, 5.41) is 0. The Kier molecular flexibility index (Phi) is 12.1. The number of benzene rings is 2. The fraction of sp³-hybridized carbons (Fsp3) is 0.514. The second-order valence-electron chi connectivity index (χ2n) is 13.1. The van der Waals surface area contributed by atoms with E-state index in [1.54, 1.807) is 16.7 Å². The number of fused-ring (bicyclic) bond motifs is 3. The van der Waals surface area contributed by atoms with Crippen molar-refractivity contribution in [2.45, 2.75) is 118 Å². The van der Waals surface area contributed by atoms with Gasteiger partial charge in [-0.2, -0.15) is 0 Å². The summed E-state index contributed by atoms with van der Waals surface area (Å²) in [5.74, 6) is 0. The molecule has 0 saturated heterocycles. The Bertz CT molecular complexity index is 1210. The molecule has 2 aromatic rings. The van der Waals surface area contributed by atoms with Gasteiger partial charge in [-0.25, -0.2) is 0 Å². The van der Waals surface area contributed by atoms with Gasteiger partial charge in [0.2, 0.25) is 0 Å². The van der Waals surface area contributed by atoms with E-state index in [9.17, 15) is 0 Å². The van der Waals surface area contributed by atoms with Crippen LogP contribution in [0.2, 0.25) is 0 Å². The van der Waals surface area contributed by atoms with Crippen molar-refractivity contribution in [1.29, 1.82) is 0 Å². The van der Waals surface area contributed by atoms with Crippen molar-refractivity contribution >= 4 is 31.3 Å². The van der Waals surface area contributed by atoms with Crippen LogP contribution in [0.4, 0.5) is 0 Å². The summed E-state index contributed by atoms with van der Waals surface area (Å²) >= 11 is -2.26. The molecule has 4 rings (SSSR count). The molecule has 0 heterocycles. The van der Waals surface area contributed by atoms with Gasteiger partial charge in [-0.15, -0.1) is 24.8 Å². The van der Waals surface area contributed by atoms with Gasteiger partial charge in [0.15, 0.2) is 0 Å². The zero-order valence-corrected chi connectivity index (χ0v) is 29.2. The smallest absolute Gasteiger partial charge is 0.147 e. The van der Waals surface area contributed by atoms with Crippen LogP contribution >= 0.6 is 24.8 Å². The van der Waals surface area contributed by atoms with Gasteiger partial charge in [0.1, 0.15) is 0 Å². The van der Waals surface area contributed by atoms with Crippen molar-refractivity contribution in [1.82, 2.24) is 0 Å². The summed E-state index contributed by atoms with van der Waals surface area (Å²) in [6.07, 6.45) is 17.6. The van der Waals surface area contributed by atoms with Gasteiger partial charge in [0.05, 0.1) is 0 Å². The molecular weight excluding hydrogens is 583 g/mol. The average molecular weight is 633 g/mol. The number of hydrogen-bond donors (Lipinski definition) is 0. The molecule has 3 heteroatoms. The maximum atomic E-state index is 2.53. The van der Waals surface area contributed by atoms with Crippen molar-refractivity contribution in [3.8, 4) is 11.1 Å². The Labute approximate surface area is 253 Å². The predicted octanol–water partition coefficient (Wildman–Crippen LogP) is 10.3. The van der Waals surface area contributed by atoms with Crippen LogP contribution in [0.15, 0.2) is 51.8 Å². The summed E-state index contributed by atoms with van der Waals surface area (Å²) in [4.78, 5) is 0. The van der Waals surface area contributed by atoms with Gasteiger partial charge >= 0.3 is 231 Å². The second-order valence-corrected chi connectivity index (χ2v) is 19.5. The Morgan fingerprint density at radius 3 is 1.97 bits per heavy atom. The molecular formula is C35H50Cl2Zr. The van der Waals surface area contributed by atoms with E-state index in [4.69, 9.17) is 0 Å². The van der Waals surface area contributed by atoms with Gasteiger partial charge in [-0.1, -0.05) is 0 Å². The standard InChI is InChI=1S/C21H25.C9H18.C5H5.2ClH.Zr/c1-20(2,3)16-7-9-18-14(12-16)11-15-13-17(21(4,5)6)8-10-19(15)18;1-3-5-7-9-8-6-4-2;1-2-4-5-3-1;;;/h7-10,12H,11H2,1-6H3;3-8H2,1-2H3;1-3H,4H2;2*1H;. The molecule has 2 aliphatic rings. The van der Waals surface area contributed by atoms with Gasteiger partial charge in [-0.3, -0.25) is 0 Å². The van der Waals surface area contributed by atoms with E-state index in [0.29, 0.717) is 0 Å². The average Bonchev–Trinajstić information content (AvgIpc) is 3.47. The van der Waals surface area contributed by atoms with E-state index >= 15 is 0 Å². The van der Waals surface area contributed by atoms with E-state index < -0.39 is 21.3 Å². The Balaban J connectivity index is 0.00000253. The maximum Gasteiger partial charge on any atom is -0.147 e. The molecule has 0 unspecified atom stereocenters. The van der Waals surface area contributed by atoms with Crippen molar-refractivity contribution in [2.24, 2.45) is 0 Å². The summed E-state index contributed by atoms with van der Waals surface area (Å²) in [5.41, 5.74) is 9.71. The number of halogens is 2. The number of allylic oxidation sites excluding steroid dienone is 4. The third-order valence-corrected chi connectivity index (χ3v) is 16.2. The minimum atomic E-state index is -2.26. The van der Waals surface area contributed by atoms with Crippen LogP contribution in [0.5, 0.6) is 0 Å². The SMILES string of the molecule is CCCC[C](CCCC)=[Zr]([C]1=CC=CC1)[c]1c(C(C)(C)C)ccc2c1Cc1cc(C(C)(C)C)ccc1-2.Cl.Cl. The van der Waals surface area contributed by atoms with Crippen LogP contribution < -0.4 is 3.27 Å². The predicted molar refractivity (Wildman–Crippen MR) is 172 cm³/mol. The topological polar surface area (TPSA) is 0 Å². The molecule has 0 amide bonds.